The molecule has 0 atom stereocenters. The van der Waals surface area contributed by atoms with Crippen LogP contribution in [0.3, 0.4) is 0 Å². The highest BCUT2D eigenvalue weighted by atomic mass is 32.2. The average molecular weight is 256 g/mol. The summed E-state index contributed by atoms with van der Waals surface area (Å²) >= 11 is 0. The summed E-state index contributed by atoms with van der Waals surface area (Å²) in [6, 6.07) is 4.72. The number of anilines is 1. The summed E-state index contributed by atoms with van der Waals surface area (Å²) in [5, 5.41) is 0. The van der Waals surface area contributed by atoms with Gasteiger partial charge in [-0.1, -0.05) is 6.92 Å². The first-order chi connectivity index (χ1) is 7.68. The first-order valence-corrected chi connectivity index (χ1v) is 7.06. The fraction of sp³-hybridized carbons (Fsp3) is 0.500. The number of rotatable bonds is 4. The van der Waals surface area contributed by atoms with E-state index in [0.717, 1.165) is 12.0 Å². The topological polar surface area (TPSA) is 72.2 Å². The highest BCUT2D eigenvalue weighted by molar-refractivity contribution is 7.89. The van der Waals surface area contributed by atoms with Gasteiger partial charge in [0.15, 0.2) is 0 Å². The minimum absolute atomic E-state index is 0.255. The number of nitrogen functional groups attached to an aromatic ring is 1. The van der Waals surface area contributed by atoms with E-state index < -0.39 is 15.6 Å². The van der Waals surface area contributed by atoms with Gasteiger partial charge in [-0.05, 0) is 51.0 Å². The summed E-state index contributed by atoms with van der Waals surface area (Å²) in [4.78, 5) is 0.255. The van der Waals surface area contributed by atoms with Gasteiger partial charge in [0.2, 0.25) is 10.0 Å². The number of aryl methyl sites for hydroxylation is 1. The van der Waals surface area contributed by atoms with Crippen molar-refractivity contribution >= 4 is 15.7 Å². The Morgan fingerprint density at radius 2 is 1.94 bits per heavy atom. The fourth-order valence-electron chi connectivity index (χ4n) is 1.31. The number of hydrogen-bond acceptors (Lipinski definition) is 3. The van der Waals surface area contributed by atoms with Gasteiger partial charge in [-0.2, -0.15) is 0 Å². The minimum Gasteiger partial charge on any atom is -0.399 e. The van der Waals surface area contributed by atoms with Crippen LogP contribution in [0.4, 0.5) is 5.69 Å². The van der Waals surface area contributed by atoms with Gasteiger partial charge in [0.1, 0.15) is 0 Å². The number of sulfonamides is 1. The van der Waals surface area contributed by atoms with Crippen LogP contribution in [0.1, 0.15) is 32.8 Å². The zero-order valence-electron chi connectivity index (χ0n) is 10.7. The number of nitrogens with two attached hydrogens (primary N) is 1. The summed E-state index contributed by atoms with van der Waals surface area (Å²) in [6.45, 7) is 7.44. The molecule has 1 aromatic carbocycles. The molecule has 0 aliphatic rings. The molecule has 0 saturated carbocycles. The molecule has 4 nitrogen and oxygen atoms in total. The van der Waals surface area contributed by atoms with E-state index in [9.17, 15) is 8.42 Å². The lowest BCUT2D eigenvalue weighted by Gasteiger charge is -2.24. The summed E-state index contributed by atoms with van der Waals surface area (Å²) in [5.41, 5.74) is 6.58. The number of nitrogens with one attached hydrogen (secondary N) is 1. The molecule has 0 aromatic heterocycles. The van der Waals surface area contributed by atoms with Crippen molar-refractivity contribution in [2.45, 2.75) is 44.6 Å². The molecule has 0 amide bonds. The average Bonchev–Trinajstić information content (AvgIpc) is 2.20. The Labute approximate surface area is 103 Å². The molecule has 0 radical (unpaired) electrons. The molecular formula is C12H20N2O2S. The molecule has 0 unspecified atom stereocenters. The second-order valence-electron chi connectivity index (χ2n) is 4.86. The molecular weight excluding hydrogens is 236 g/mol. The highest BCUT2D eigenvalue weighted by Crippen LogP contribution is 2.19. The van der Waals surface area contributed by atoms with Gasteiger partial charge in [0.05, 0.1) is 4.90 Å². The second-order valence-corrected chi connectivity index (χ2v) is 6.54. The maximum atomic E-state index is 12.1. The third kappa shape index (κ3) is 3.44. The molecule has 0 aliphatic heterocycles. The van der Waals surface area contributed by atoms with Gasteiger partial charge in [-0.3, -0.25) is 0 Å². The molecule has 5 heteroatoms. The Bertz CT molecular complexity index is 507. The van der Waals surface area contributed by atoms with Crippen molar-refractivity contribution in [3.63, 3.8) is 0 Å². The lowest BCUT2D eigenvalue weighted by Crippen LogP contribution is -2.42. The van der Waals surface area contributed by atoms with Crippen LogP contribution in [0, 0.1) is 6.92 Å². The maximum absolute atomic E-state index is 12.1. The van der Waals surface area contributed by atoms with E-state index in [4.69, 9.17) is 5.73 Å². The van der Waals surface area contributed by atoms with Crippen LogP contribution in [-0.4, -0.2) is 14.0 Å². The molecule has 1 rings (SSSR count). The first-order valence-electron chi connectivity index (χ1n) is 5.58. The van der Waals surface area contributed by atoms with Gasteiger partial charge < -0.3 is 5.73 Å². The zero-order valence-corrected chi connectivity index (χ0v) is 11.6. The lowest BCUT2D eigenvalue weighted by atomic mass is 10.0. The first kappa shape index (κ1) is 14.0. The summed E-state index contributed by atoms with van der Waals surface area (Å²) < 4.78 is 26.9. The lowest BCUT2D eigenvalue weighted by molar-refractivity contribution is 0.439. The summed E-state index contributed by atoms with van der Waals surface area (Å²) in [7, 11) is -3.47. The summed E-state index contributed by atoms with van der Waals surface area (Å²) in [5.74, 6) is 0. The van der Waals surface area contributed by atoms with Crippen molar-refractivity contribution in [3.05, 3.63) is 23.8 Å². The summed E-state index contributed by atoms with van der Waals surface area (Å²) in [6.07, 6.45) is 0.722. The highest BCUT2D eigenvalue weighted by Gasteiger charge is 2.24. The van der Waals surface area contributed by atoms with Crippen LogP contribution in [0.15, 0.2) is 23.1 Å². The molecule has 0 fully saturated rings. The number of benzene rings is 1. The normalized spacial score (nSPS) is 12.7. The Balaban J connectivity index is 3.10. The predicted molar refractivity (Wildman–Crippen MR) is 70.3 cm³/mol. The standard InChI is InChI=1S/C12H20N2O2S/c1-5-12(3,4)14-17(15,16)10-6-7-11(13)9(2)8-10/h6-8,14H,5,13H2,1-4H3. The SMILES string of the molecule is CCC(C)(C)NS(=O)(=O)c1ccc(N)c(C)c1. The van der Waals surface area contributed by atoms with Gasteiger partial charge in [-0.15, -0.1) is 0 Å². The van der Waals surface area contributed by atoms with Gasteiger partial charge >= 0.3 is 0 Å². The Hall–Kier alpha value is -1.07. The van der Waals surface area contributed by atoms with E-state index >= 15 is 0 Å². The molecule has 3 N–H and O–H groups in total. The molecule has 17 heavy (non-hydrogen) atoms. The maximum Gasteiger partial charge on any atom is 0.241 e. The van der Waals surface area contributed by atoms with E-state index in [2.05, 4.69) is 4.72 Å². The van der Waals surface area contributed by atoms with Crippen LogP contribution in [0.5, 0.6) is 0 Å². The van der Waals surface area contributed by atoms with Crippen LogP contribution in [0.25, 0.3) is 0 Å². The molecule has 1 aromatic rings. The van der Waals surface area contributed by atoms with Gasteiger partial charge in [0, 0.05) is 11.2 Å². The van der Waals surface area contributed by atoms with E-state index in [1.807, 2.05) is 20.8 Å². The van der Waals surface area contributed by atoms with Gasteiger partial charge in [-0.25, -0.2) is 13.1 Å². The van der Waals surface area contributed by atoms with Crippen LogP contribution in [-0.2, 0) is 10.0 Å². The largest absolute Gasteiger partial charge is 0.399 e. The van der Waals surface area contributed by atoms with E-state index in [1.165, 1.54) is 6.07 Å². The van der Waals surface area contributed by atoms with Crippen LogP contribution >= 0.6 is 0 Å². The Morgan fingerprint density at radius 3 is 2.41 bits per heavy atom. The second kappa shape index (κ2) is 4.66. The fourth-order valence-corrected chi connectivity index (χ4v) is 2.88. The Kier molecular flexibility index (Phi) is 3.84. The third-order valence-electron chi connectivity index (χ3n) is 2.85. The van der Waals surface area contributed by atoms with E-state index in [0.29, 0.717) is 5.69 Å². The zero-order chi connectivity index (χ0) is 13.3. The van der Waals surface area contributed by atoms with Crippen molar-refractivity contribution in [1.29, 1.82) is 0 Å². The van der Waals surface area contributed by atoms with Crippen molar-refractivity contribution in [2.75, 3.05) is 5.73 Å². The third-order valence-corrected chi connectivity index (χ3v) is 4.54. The molecule has 0 spiro atoms. The minimum atomic E-state index is -3.47. The van der Waals surface area contributed by atoms with Crippen molar-refractivity contribution in [1.82, 2.24) is 4.72 Å². The number of hydrogen-bond donors (Lipinski definition) is 2. The van der Waals surface area contributed by atoms with E-state index in [1.54, 1.807) is 19.1 Å². The van der Waals surface area contributed by atoms with E-state index in [-0.39, 0.29) is 4.90 Å². The molecule has 0 saturated heterocycles. The monoisotopic (exact) mass is 256 g/mol. The Morgan fingerprint density at radius 1 is 1.35 bits per heavy atom. The van der Waals surface area contributed by atoms with Crippen LogP contribution < -0.4 is 10.5 Å². The van der Waals surface area contributed by atoms with Crippen molar-refractivity contribution < 1.29 is 8.42 Å². The smallest absolute Gasteiger partial charge is 0.241 e. The predicted octanol–water partition coefficient (Wildman–Crippen LogP) is 2.04. The van der Waals surface area contributed by atoms with Gasteiger partial charge in [0.25, 0.3) is 0 Å². The van der Waals surface area contributed by atoms with Crippen molar-refractivity contribution in [2.24, 2.45) is 0 Å². The quantitative estimate of drug-likeness (QED) is 0.810. The molecule has 96 valence electrons. The molecule has 0 aliphatic carbocycles. The van der Waals surface area contributed by atoms with Crippen molar-refractivity contribution in [3.8, 4) is 0 Å². The molecule has 0 bridgehead atoms. The van der Waals surface area contributed by atoms with Crippen LogP contribution in [0.2, 0.25) is 0 Å². The molecule has 0 heterocycles.